The largest absolute Gasteiger partial charge is 0.0622 e. The second kappa shape index (κ2) is 10.5. The fourth-order valence-corrected chi connectivity index (χ4v) is 8.89. The zero-order valence-corrected chi connectivity index (χ0v) is 27.7. The van der Waals surface area contributed by atoms with E-state index in [0.29, 0.717) is 0 Å². The Morgan fingerprint density at radius 2 is 0.653 bits per heavy atom. The lowest BCUT2D eigenvalue weighted by Crippen LogP contribution is -2.23. The molecule has 10 rings (SSSR count). The minimum absolute atomic E-state index is 0.0965. The molecule has 0 saturated heterocycles. The third-order valence-electron chi connectivity index (χ3n) is 11.0. The minimum atomic E-state index is -0.0965. The third-order valence-corrected chi connectivity index (χ3v) is 11.0. The fourth-order valence-electron chi connectivity index (χ4n) is 8.89. The molecule has 0 bridgehead atoms. The fraction of sp³-hybridized carbons (Fsp3) is 0.0612. The van der Waals surface area contributed by atoms with Gasteiger partial charge in [0.25, 0.3) is 0 Å². The summed E-state index contributed by atoms with van der Waals surface area (Å²) in [7, 11) is 0. The van der Waals surface area contributed by atoms with Crippen LogP contribution >= 0.6 is 0 Å². The van der Waals surface area contributed by atoms with Crippen LogP contribution in [0.25, 0.3) is 87.6 Å². The first-order valence-corrected chi connectivity index (χ1v) is 17.3. The maximum absolute atomic E-state index is 2.38. The average molecular weight is 623 g/mol. The highest BCUT2D eigenvalue weighted by Gasteiger charge is 2.35. The molecule has 0 heterocycles. The van der Waals surface area contributed by atoms with E-state index in [-0.39, 0.29) is 5.41 Å². The summed E-state index contributed by atoms with van der Waals surface area (Å²) in [4.78, 5) is 0. The van der Waals surface area contributed by atoms with Gasteiger partial charge in [0.05, 0.1) is 0 Å². The molecular weight excluding hydrogens is 589 g/mol. The second-order valence-corrected chi connectivity index (χ2v) is 14.0. The van der Waals surface area contributed by atoms with Crippen LogP contribution in [0.2, 0.25) is 0 Å². The number of benzene rings is 9. The molecule has 9 aromatic carbocycles. The van der Waals surface area contributed by atoms with Crippen molar-refractivity contribution in [2.24, 2.45) is 0 Å². The van der Waals surface area contributed by atoms with Crippen LogP contribution in [-0.2, 0) is 5.41 Å². The molecule has 49 heavy (non-hydrogen) atoms. The van der Waals surface area contributed by atoms with Gasteiger partial charge in [-0.25, -0.2) is 0 Å². The summed E-state index contributed by atoms with van der Waals surface area (Å²) < 4.78 is 0. The van der Waals surface area contributed by atoms with Crippen molar-refractivity contribution in [1.29, 1.82) is 0 Å². The van der Waals surface area contributed by atoms with Crippen molar-refractivity contribution in [2.75, 3.05) is 0 Å². The zero-order chi connectivity index (χ0) is 32.7. The maximum Gasteiger partial charge on any atom is 0.0159 e. The van der Waals surface area contributed by atoms with Crippen molar-refractivity contribution in [3.8, 4) is 44.5 Å². The van der Waals surface area contributed by atoms with Crippen molar-refractivity contribution in [2.45, 2.75) is 19.3 Å². The Bertz CT molecular complexity index is 2710. The first-order chi connectivity index (χ1) is 24.1. The van der Waals surface area contributed by atoms with E-state index in [1.54, 1.807) is 0 Å². The molecule has 0 nitrogen and oxygen atoms in total. The van der Waals surface area contributed by atoms with Gasteiger partial charge < -0.3 is 0 Å². The minimum Gasteiger partial charge on any atom is -0.0622 e. The first kappa shape index (κ1) is 28.1. The molecule has 9 aromatic rings. The normalized spacial score (nSPS) is 13.3. The lowest BCUT2D eigenvalue weighted by molar-refractivity contribution is 0.645. The molecule has 1 aliphatic carbocycles. The number of hydrogen-bond donors (Lipinski definition) is 0. The van der Waals surface area contributed by atoms with Crippen LogP contribution in [0.3, 0.4) is 0 Å². The van der Waals surface area contributed by atoms with Crippen molar-refractivity contribution >= 4 is 43.1 Å². The van der Waals surface area contributed by atoms with Crippen LogP contribution in [0.5, 0.6) is 0 Å². The standard InChI is InChI=1S/C49H34/c1-49(2)42-25-13-12-23-40(42)47-39-22-11-10-21-38(39)46(41-24-14-26-43(49)48(41)47)33-29-27-32(28-30-33)45-36-19-8-6-17-34(36)44(31-15-4-3-5-16-31)35-18-7-9-20-37(35)45/h3-30H,1-2H3. The first-order valence-electron chi connectivity index (χ1n) is 17.3. The Morgan fingerprint density at radius 1 is 0.286 bits per heavy atom. The number of rotatable bonds is 3. The zero-order valence-electron chi connectivity index (χ0n) is 27.7. The van der Waals surface area contributed by atoms with Gasteiger partial charge in [-0.05, 0) is 98.7 Å². The molecule has 0 atom stereocenters. The van der Waals surface area contributed by atoms with Gasteiger partial charge in [0.15, 0.2) is 0 Å². The summed E-state index contributed by atoms with van der Waals surface area (Å²) in [6, 6.07) is 63.0. The van der Waals surface area contributed by atoms with Crippen LogP contribution in [0.15, 0.2) is 170 Å². The highest BCUT2D eigenvalue weighted by atomic mass is 14.4. The van der Waals surface area contributed by atoms with E-state index in [9.17, 15) is 0 Å². The summed E-state index contributed by atoms with van der Waals surface area (Å²) in [5.41, 5.74) is 13.1. The lowest BCUT2D eigenvalue weighted by atomic mass is 9.67. The molecule has 230 valence electrons. The smallest absolute Gasteiger partial charge is 0.0159 e. The van der Waals surface area contributed by atoms with Crippen LogP contribution in [0.4, 0.5) is 0 Å². The molecule has 0 aliphatic heterocycles. The SMILES string of the molecule is CC1(C)c2ccccc2-c2c3ccccc3c(-c3ccc(-c4c5ccccc5c(-c5ccccc5)c5ccccc45)cc3)c3cccc1c23. The molecule has 0 spiro atoms. The molecule has 0 saturated carbocycles. The van der Waals surface area contributed by atoms with E-state index in [1.165, 1.54) is 98.7 Å². The summed E-state index contributed by atoms with van der Waals surface area (Å²) in [6.07, 6.45) is 0. The van der Waals surface area contributed by atoms with Crippen molar-refractivity contribution in [3.63, 3.8) is 0 Å². The van der Waals surface area contributed by atoms with E-state index >= 15 is 0 Å². The molecule has 0 fully saturated rings. The van der Waals surface area contributed by atoms with Crippen LogP contribution in [0, 0.1) is 0 Å². The molecule has 0 N–H and O–H groups in total. The summed E-state index contributed by atoms with van der Waals surface area (Å²) in [6.45, 7) is 4.76. The molecule has 0 radical (unpaired) electrons. The highest BCUT2D eigenvalue weighted by Crippen LogP contribution is 2.53. The molecule has 0 unspecified atom stereocenters. The summed E-state index contributed by atoms with van der Waals surface area (Å²) in [5, 5.41) is 10.4. The van der Waals surface area contributed by atoms with Gasteiger partial charge in [-0.2, -0.15) is 0 Å². The topological polar surface area (TPSA) is 0 Å². The Kier molecular flexibility index (Phi) is 6.02. The Balaban J connectivity index is 1.23. The van der Waals surface area contributed by atoms with E-state index < -0.39 is 0 Å². The maximum atomic E-state index is 2.38. The second-order valence-electron chi connectivity index (χ2n) is 14.0. The van der Waals surface area contributed by atoms with Crippen molar-refractivity contribution in [3.05, 3.63) is 181 Å². The van der Waals surface area contributed by atoms with Gasteiger partial charge in [0.2, 0.25) is 0 Å². The lowest BCUT2D eigenvalue weighted by Gasteiger charge is -2.36. The van der Waals surface area contributed by atoms with Gasteiger partial charge in [-0.1, -0.05) is 184 Å². The Hall–Kier alpha value is -5.98. The molecule has 1 aliphatic rings. The highest BCUT2D eigenvalue weighted by molar-refractivity contribution is 6.24. The van der Waals surface area contributed by atoms with Crippen LogP contribution in [0.1, 0.15) is 25.0 Å². The van der Waals surface area contributed by atoms with Crippen LogP contribution < -0.4 is 0 Å². The molecular formula is C49H34. The average Bonchev–Trinajstić information content (AvgIpc) is 3.16. The third kappa shape index (κ3) is 3.98. The van der Waals surface area contributed by atoms with E-state index in [2.05, 4.69) is 184 Å². The predicted octanol–water partition coefficient (Wildman–Crippen LogP) is 13.6. The number of fused-ring (bicyclic) bond motifs is 6. The quantitative estimate of drug-likeness (QED) is 0.172. The van der Waals surface area contributed by atoms with E-state index in [4.69, 9.17) is 0 Å². The predicted molar refractivity (Wildman–Crippen MR) is 210 cm³/mol. The molecule has 0 aromatic heterocycles. The van der Waals surface area contributed by atoms with Crippen molar-refractivity contribution < 1.29 is 0 Å². The van der Waals surface area contributed by atoms with E-state index in [1.807, 2.05) is 0 Å². The van der Waals surface area contributed by atoms with Gasteiger partial charge >= 0.3 is 0 Å². The van der Waals surface area contributed by atoms with Gasteiger partial charge in [-0.3, -0.25) is 0 Å². The number of hydrogen-bond acceptors (Lipinski definition) is 0. The summed E-state index contributed by atoms with van der Waals surface area (Å²) >= 11 is 0. The Morgan fingerprint density at radius 3 is 1.18 bits per heavy atom. The van der Waals surface area contributed by atoms with Gasteiger partial charge in [0.1, 0.15) is 0 Å². The monoisotopic (exact) mass is 622 g/mol. The van der Waals surface area contributed by atoms with Gasteiger partial charge in [0, 0.05) is 5.41 Å². The Labute approximate surface area is 286 Å². The van der Waals surface area contributed by atoms with Crippen LogP contribution in [-0.4, -0.2) is 0 Å². The van der Waals surface area contributed by atoms with Gasteiger partial charge in [-0.15, -0.1) is 0 Å². The van der Waals surface area contributed by atoms with Crippen molar-refractivity contribution in [1.82, 2.24) is 0 Å². The summed E-state index contributed by atoms with van der Waals surface area (Å²) in [5.74, 6) is 0. The molecule has 0 amide bonds. The molecule has 0 heteroatoms. The van der Waals surface area contributed by atoms with E-state index in [0.717, 1.165) is 0 Å².